The van der Waals surface area contributed by atoms with Gasteiger partial charge in [-0.05, 0) is 38.3 Å². The predicted octanol–water partition coefficient (Wildman–Crippen LogP) is 1.40. The van der Waals surface area contributed by atoms with Crippen LogP contribution in [0.25, 0.3) is 0 Å². The van der Waals surface area contributed by atoms with E-state index in [4.69, 9.17) is 0 Å². The molecule has 1 aliphatic carbocycles. The number of nitrogens with zero attached hydrogens (tertiary/aromatic N) is 2. The van der Waals surface area contributed by atoms with E-state index < -0.39 is 0 Å². The first-order chi connectivity index (χ1) is 8.33. The Morgan fingerprint density at radius 3 is 2.24 bits per heavy atom. The molecule has 1 aliphatic heterocycles. The number of nitrogens with one attached hydrogen (secondary N) is 1. The molecule has 17 heavy (non-hydrogen) atoms. The monoisotopic (exact) mass is 239 g/mol. The number of likely N-dealkylation sites (N-methyl/N-ethyl adjacent to an activating group) is 1. The summed E-state index contributed by atoms with van der Waals surface area (Å²) in [5.74, 6) is 0.978. The maximum absolute atomic E-state index is 3.75. The number of rotatable bonds is 7. The van der Waals surface area contributed by atoms with Crippen molar-refractivity contribution in [3.63, 3.8) is 0 Å². The summed E-state index contributed by atoms with van der Waals surface area (Å²) in [4.78, 5) is 5.22. The molecule has 1 saturated heterocycles. The summed E-state index contributed by atoms with van der Waals surface area (Å²) >= 11 is 0. The van der Waals surface area contributed by atoms with Gasteiger partial charge in [-0.15, -0.1) is 0 Å². The third-order valence-corrected chi connectivity index (χ3v) is 4.21. The van der Waals surface area contributed by atoms with Gasteiger partial charge >= 0.3 is 0 Å². The van der Waals surface area contributed by atoms with Crippen LogP contribution in [0.1, 0.15) is 33.1 Å². The second kappa shape index (κ2) is 6.72. The van der Waals surface area contributed by atoms with Crippen molar-refractivity contribution in [1.29, 1.82) is 0 Å². The first-order valence-corrected chi connectivity index (χ1v) is 7.51. The normalized spacial score (nSPS) is 25.1. The highest BCUT2D eigenvalue weighted by atomic mass is 15.3. The second-order valence-corrected chi connectivity index (χ2v) is 5.63. The molecule has 0 amide bonds. The summed E-state index contributed by atoms with van der Waals surface area (Å²) in [6.45, 7) is 13.3. The maximum Gasteiger partial charge on any atom is 0.0223 e. The van der Waals surface area contributed by atoms with E-state index in [1.807, 2.05) is 0 Å². The first kappa shape index (κ1) is 13.3. The average Bonchev–Trinajstić information content (AvgIpc) is 3.19. The minimum absolute atomic E-state index is 0.767. The Hall–Kier alpha value is -0.120. The second-order valence-electron chi connectivity index (χ2n) is 5.63. The Balaban J connectivity index is 1.70. The number of hydrogen-bond acceptors (Lipinski definition) is 3. The molecule has 1 atom stereocenters. The number of hydrogen-bond donors (Lipinski definition) is 1. The summed E-state index contributed by atoms with van der Waals surface area (Å²) < 4.78 is 0. The van der Waals surface area contributed by atoms with Gasteiger partial charge in [-0.2, -0.15) is 0 Å². The molecule has 2 fully saturated rings. The van der Waals surface area contributed by atoms with Crippen LogP contribution >= 0.6 is 0 Å². The van der Waals surface area contributed by atoms with Gasteiger partial charge in [-0.1, -0.05) is 13.8 Å². The lowest BCUT2D eigenvalue weighted by molar-refractivity contribution is 0.124. The number of piperazine rings is 1. The topological polar surface area (TPSA) is 18.5 Å². The van der Waals surface area contributed by atoms with Crippen molar-refractivity contribution in [3.05, 3.63) is 0 Å². The fourth-order valence-corrected chi connectivity index (χ4v) is 2.77. The predicted molar refractivity (Wildman–Crippen MR) is 73.4 cm³/mol. The van der Waals surface area contributed by atoms with Crippen molar-refractivity contribution < 1.29 is 0 Å². The van der Waals surface area contributed by atoms with Crippen LogP contribution < -0.4 is 5.32 Å². The quantitative estimate of drug-likeness (QED) is 0.724. The first-order valence-electron chi connectivity index (χ1n) is 7.51. The summed E-state index contributed by atoms with van der Waals surface area (Å²) in [5, 5.41) is 3.75. The lowest BCUT2D eigenvalue weighted by atomic mass is 10.1. The molecular weight excluding hydrogens is 210 g/mol. The summed E-state index contributed by atoms with van der Waals surface area (Å²) in [6.07, 6.45) is 4.17. The van der Waals surface area contributed by atoms with Crippen LogP contribution in [0.2, 0.25) is 0 Å². The van der Waals surface area contributed by atoms with Crippen LogP contribution in [0.5, 0.6) is 0 Å². The van der Waals surface area contributed by atoms with Gasteiger partial charge in [0.25, 0.3) is 0 Å². The van der Waals surface area contributed by atoms with Crippen molar-refractivity contribution in [1.82, 2.24) is 15.1 Å². The van der Waals surface area contributed by atoms with E-state index in [-0.39, 0.29) is 0 Å². The fraction of sp³-hybridized carbons (Fsp3) is 1.00. The SMILES string of the molecule is CCCNC(CN1CCN(CC)CC1)C1CC1. The molecule has 1 heterocycles. The molecule has 2 aliphatic rings. The molecule has 3 heteroatoms. The molecule has 1 unspecified atom stereocenters. The van der Waals surface area contributed by atoms with Crippen LogP contribution in [0.3, 0.4) is 0 Å². The Kier molecular flexibility index (Phi) is 5.26. The molecule has 100 valence electrons. The van der Waals surface area contributed by atoms with Crippen LogP contribution in [0.15, 0.2) is 0 Å². The summed E-state index contributed by atoms with van der Waals surface area (Å²) in [5.41, 5.74) is 0. The van der Waals surface area contributed by atoms with E-state index in [1.165, 1.54) is 65.1 Å². The van der Waals surface area contributed by atoms with E-state index in [9.17, 15) is 0 Å². The Morgan fingerprint density at radius 1 is 1.06 bits per heavy atom. The molecule has 0 radical (unpaired) electrons. The molecule has 0 aromatic carbocycles. The van der Waals surface area contributed by atoms with Gasteiger partial charge in [0.15, 0.2) is 0 Å². The lowest BCUT2D eigenvalue weighted by Crippen LogP contribution is -2.51. The van der Waals surface area contributed by atoms with Crippen molar-refractivity contribution in [2.75, 3.05) is 45.8 Å². The van der Waals surface area contributed by atoms with Crippen molar-refractivity contribution >= 4 is 0 Å². The minimum atomic E-state index is 0.767. The third kappa shape index (κ3) is 4.23. The van der Waals surface area contributed by atoms with Crippen molar-refractivity contribution in [2.24, 2.45) is 5.92 Å². The van der Waals surface area contributed by atoms with Crippen molar-refractivity contribution in [2.45, 2.75) is 39.2 Å². The Bertz CT molecular complexity index is 208. The van der Waals surface area contributed by atoms with E-state index in [0.717, 1.165) is 12.0 Å². The average molecular weight is 239 g/mol. The zero-order chi connectivity index (χ0) is 12.1. The largest absolute Gasteiger partial charge is 0.312 e. The van der Waals surface area contributed by atoms with Gasteiger partial charge in [-0.3, -0.25) is 4.90 Å². The van der Waals surface area contributed by atoms with Gasteiger partial charge in [-0.25, -0.2) is 0 Å². The fourth-order valence-electron chi connectivity index (χ4n) is 2.77. The molecule has 1 N–H and O–H groups in total. The van der Waals surface area contributed by atoms with Crippen LogP contribution in [-0.2, 0) is 0 Å². The molecule has 0 bridgehead atoms. The zero-order valence-corrected chi connectivity index (χ0v) is 11.6. The molecular formula is C14H29N3. The minimum Gasteiger partial charge on any atom is -0.312 e. The Labute approximate surface area is 107 Å². The molecule has 2 rings (SSSR count). The molecule has 3 nitrogen and oxygen atoms in total. The van der Waals surface area contributed by atoms with Gasteiger partial charge < -0.3 is 10.2 Å². The van der Waals surface area contributed by atoms with Gasteiger partial charge in [0, 0.05) is 38.8 Å². The van der Waals surface area contributed by atoms with E-state index in [2.05, 4.69) is 29.0 Å². The molecule has 1 saturated carbocycles. The van der Waals surface area contributed by atoms with Gasteiger partial charge in [0.2, 0.25) is 0 Å². The molecule has 0 aromatic rings. The van der Waals surface area contributed by atoms with Crippen LogP contribution in [0.4, 0.5) is 0 Å². The summed E-state index contributed by atoms with van der Waals surface area (Å²) in [6, 6.07) is 0.767. The van der Waals surface area contributed by atoms with Crippen LogP contribution in [-0.4, -0.2) is 61.7 Å². The highest BCUT2D eigenvalue weighted by Gasteiger charge is 2.32. The molecule has 0 aromatic heterocycles. The third-order valence-electron chi connectivity index (χ3n) is 4.21. The lowest BCUT2D eigenvalue weighted by Gasteiger charge is -2.36. The summed E-state index contributed by atoms with van der Waals surface area (Å²) in [7, 11) is 0. The maximum atomic E-state index is 3.75. The highest BCUT2D eigenvalue weighted by molar-refractivity contribution is 4.89. The Morgan fingerprint density at radius 2 is 1.71 bits per heavy atom. The van der Waals surface area contributed by atoms with E-state index >= 15 is 0 Å². The van der Waals surface area contributed by atoms with E-state index in [0.29, 0.717) is 0 Å². The standard InChI is InChI=1S/C14H29N3/c1-3-7-15-14(13-5-6-13)12-17-10-8-16(4-2)9-11-17/h13-15H,3-12H2,1-2H3. The smallest absolute Gasteiger partial charge is 0.0223 e. The molecule has 0 spiro atoms. The zero-order valence-electron chi connectivity index (χ0n) is 11.6. The highest BCUT2D eigenvalue weighted by Crippen LogP contribution is 2.33. The van der Waals surface area contributed by atoms with Gasteiger partial charge in [0.05, 0.1) is 0 Å². The van der Waals surface area contributed by atoms with Crippen LogP contribution in [0, 0.1) is 5.92 Å². The van der Waals surface area contributed by atoms with Crippen molar-refractivity contribution in [3.8, 4) is 0 Å². The van der Waals surface area contributed by atoms with Gasteiger partial charge in [0.1, 0.15) is 0 Å². The van der Waals surface area contributed by atoms with E-state index in [1.54, 1.807) is 0 Å².